The topological polar surface area (TPSA) is 0 Å². The molecule has 0 N–H and O–H groups in total. The Morgan fingerprint density at radius 2 is 1.62 bits per heavy atom. The van der Waals surface area contributed by atoms with Crippen molar-refractivity contribution < 1.29 is 0 Å². The largest absolute Gasteiger partial charge is 0.152 e. The van der Waals surface area contributed by atoms with Crippen molar-refractivity contribution in [3.05, 3.63) is 0 Å². The highest BCUT2D eigenvalue weighted by Crippen LogP contribution is 2.75. The summed E-state index contributed by atoms with van der Waals surface area (Å²) in [7, 11) is 0. The third-order valence-electron chi connectivity index (χ3n) is 9.37. The number of hydrogen-bond acceptors (Lipinski definition) is 1. The van der Waals surface area contributed by atoms with E-state index in [0.29, 0.717) is 0 Å². The molecule has 0 aromatic heterocycles. The molecular weight excluding hydrogens is 272 g/mol. The van der Waals surface area contributed by atoms with Crippen LogP contribution in [0, 0.1) is 34.5 Å². The van der Waals surface area contributed by atoms with Crippen molar-refractivity contribution in [3.63, 3.8) is 0 Å². The molecule has 0 amide bonds. The molecule has 0 aromatic carbocycles. The second-order valence-corrected chi connectivity index (χ2v) is 11.0. The van der Waals surface area contributed by atoms with Gasteiger partial charge >= 0.3 is 0 Å². The summed E-state index contributed by atoms with van der Waals surface area (Å²) in [6, 6.07) is 0. The van der Waals surface area contributed by atoms with Gasteiger partial charge in [-0.25, -0.2) is 0 Å². The maximum atomic E-state index is 2.72. The van der Waals surface area contributed by atoms with Crippen LogP contribution < -0.4 is 0 Å². The van der Waals surface area contributed by atoms with Gasteiger partial charge in [-0.15, -0.1) is 0 Å². The zero-order chi connectivity index (χ0) is 14.3. The monoisotopic (exact) mass is 304 g/mol. The molecule has 1 saturated heterocycles. The molecule has 21 heavy (non-hydrogen) atoms. The molecule has 4 aliphatic carbocycles. The summed E-state index contributed by atoms with van der Waals surface area (Å²) in [6.45, 7) is 5.42. The van der Waals surface area contributed by atoms with Crippen LogP contribution in [0.2, 0.25) is 0 Å². The fourth-order valence-electron chi connectivity index (χ4n) is 7.95. The van der Waals surface area contributed by atoms with E-state index in [0.717, 1.165) is 39.2 Å². The minimum atomic E-state index is 0.719. The average Bonchev–Trinajstić information content (AvgIpc) is 3.20. The third-order valence-corrected chi connectivity index (χ3v) is 11.0. The molecule has 5 rings (SSSR count). The molecule has 0 aromatic rings. The van der Waals surface area contributed by atoms with E-state index < -0.39 is 0 Å². The quantitative estimate of drug-likeness (QED) is 0.502. The van der Waals surface area contributed by atoms with Gasteiger partial charge in [-0.3, -0.25) is 0 Å². The van der Waals surface area contributed by atoms with Crippen molar-refractivity contribution in [1.82, 2.24) is 0 Å². The van der Waals surface area contributed by atoms with Crippen LogP contribution in [0.25, 0.3) is 0 Å². The van der Waals surface area contributed by atoms with Crippen LogP contribution in [0.1, 0.15) is 78.1 Å². The Labute approximate surface area is 135 Å². The first-order valence-electron chi connectivity index (χ1n) is 9.73. The van der Waals surface area contributed by atoms with Crippen LogP contribution >= 0.6 is 11.8 Å². The maximum absolute atomic E-state index is 2.72. The molecular formula is C20H32S. The lowest BCUT2D eigenvalue weighted by Crippen LogP contribution is -2.53. The van der Waals surface area contributed by atoms with Crippen molar-refractivity contribution in [2.75, 3.05) is 5.75 Å². The van der Waals surface area contributed by atoms with E-state index in [-0.39, 0.29) is 0 Å². The first kappa shape index (κ1) is 13.8. The molecule has 1 heteroatoms. The predicted octanol–water partition coefficient (Wildman–Crippen LogP) is 5.90. The Hall–Kier alpha value is 0.350. The summed E-state index contributed by atoms with van der Waals surface area (Å²) in [5, 5.41) is 0. The summed E-state index contributed by atoms with van der Waals surface area (Å²) < 4.78 is 0.757. The molecule has 5 fully saturated rings. The van der Waals surface area contributed by atoms with E-state index in [4.69, 9.17) is 0 Å². The Kier molecular flexibility index (Phi) is 2.78. The van der Waals surface area contributed by atoms with Crippen molar-refractivity contribution in [2.45, 2.75) is 82.8 Å². The standard InChI is InChI=1S/C20H32S/c1-18-10-4-3-5-14(18)6-7-15-16(18)8-11-19(2)17(15)9-12-20(19)13-21-20/h14-17H,3-13H2,1-2H3/t14-,15+,16+,17-,18+,19+,20+/m1/s1. The van der Waals surface area contributed by atoms with Gasteiger partial charge in [0, 0.05) is 10.5 Å². The molecule has 1 aliphatic heterocycles. The third kappa shape index (κ3) is 1.60. The Morgan fingerprint density at radius 3 is 2.43 bits per heavy atom. The van der Waals surface area contributed by atoms with E-state index in [9.17, 15) is 0 Å². The van der Waals surface area contributed by atoms with Crippen molar-refractivity contribution in [3.8, 4) is 0 Å². The van der Waals surface area contributed by atoms with Crippen molar-refractivity contribution in [1.29, 1.82) is 0 Å². The summed E-state index contributed by atoms with van der Waals surface area (Å²) in [4.78, 5) is 0. The van der Waals surface area contributed by atoms with Crippen LogP contribution in [0.5, 0.6) is 0 Å². The minimum absolute atomic E-state index is 0.719. The highest BCUT2D eigenvalue weighted by Gasteiger charge is 2.68. The smallest absolute Gasteiger partial charge is 0.0307 e. The van der Waals surface area contributed by atoms with Crippen molar-refractivity contribution >= 4 is 11.8 Å². The SMILES string of the molecule is C[C@]12CCCC[C@@H]1CC[C@@H]1[C@H]3CC[C@]4(CS4)[C@@]3(C)CC[C@@H]12. The van der Waals surface area contributed by atoms with Gasteiger partial charge < -0.3 is 0 Å². The number of hydrogen-bond donors (Lipinski definition) is 0. The fourth-order valence-corrected chi connectivity index (χ4v) is 9.44. The van der Waals surface area contributed by atoms with E-state index >= 15 is 0 Å². The van der Waals surface area contributed by atoms with E-state index in [1.54, 1.807) is 51.4 Å². The van der Waals surface area contributed by atoms with Gasteiger partial charge in [0.2, 0.25) is 0 Å². The lowest BCUT2D eigenvalue weighted by Gasteiger charge is -2.60. The average molecular weight is 305 g/mol. The maximum Gasteiger partial charge on any atom is 0.0307 e. The number of thioether (sulfide) groups is 1. The van der Waals surface area contributed by atoms with Crippen LogP contribution in [0.3, 0.4) is 0 Å². The van der Waals surface area contributed by atoms with Crippen LogP contribution in [-0.4, -0.2) is 10.5 Å². The zero-order valence-electron chi connectivity index (χ0n) is 14.0. The fraction of sp³-hybridized carbons (Fsp3) is 1.00. The van der Waals surface area contributed by atoms with Crippen molar-refractivity contribution in [2.24, 2.45) is 34.5 Å². The molecule has 0 radical (unpaired) electrons. The Morgan fingerprint density at radius 1 is 0.810 bits per heavy atom. The molecule has 0 unspecified atom stereocenters. The number of fused-ring (bicyclic) bond motifs is 6. The predicted molar refractivity (Wildman–Crippen MR) is 91.5 cm³/mol. The molecule has 0 bridgehead atoms. The molecule has 1 spiro atoms. The molecule has 4 saturated carbocycles. The number of rotatable bonds is 0. The first-order chi connectivity index (χ1) is 10.1. The molecule has 7 atom stereocenters. The molecule has 0 nitrogen and oxygen atoms in total. The second-order valence-electron chi connectivity index (χ2n) is 9.68. The second kappa shape index (κ2) is 4.25. The lowest BCUT2D eigenvalue weighted by atomic mass is 9.45. The molecule has 118 valence electrons. The van der Waals surface area contributed by atoms with Gasteiger partial charge in [0.25, 0.3) is 0 Å². The summed E-state index contributed by atoms with van der Waals surface area (Å²) in [5.74, 6) is 5.86. The van der Waals surface area contributed by atoms with Crippen LogP contribution in [0.15, 0.2) is 0 Å². The van der Waals surface area contributed by atoms with E-state index in [2.05, 4.69) is 25.6 Å². The molecule has 5 aliphatic rings. The first-order valence-corrected chi connectivity index (χ1v) is 10.7. The highest BCUT2D eigenvalue weighted by atomic mass is 32.2. The van der Waals surface area contributed by atoms with Crippen LogP contribution in [0.4, 0.5) is 0 Å². The summed E-state index contributed by atoms with van der Waals surface area (Å²) in [6.07, 6.45) is 15.6. The van der Waals surface area contributed by atoms with E-state index in [1.807, 2.05) is 0 Å². The summed E-state index contributed by atoms with van der Waals surface area (Å²) >= 11 is 2.32. The molecule has 1 heterocycles. The minimum Gasteiger partial charge on any atom is -0.152 e. The highest BCUT2D eigenvalue weighted by molar-refractivity contribution is 8.08. The van der Waals surface area contributed by atoms with Gasteiger partial charge in [-0.1, -0.05) is 26.7 Å². The Bertz CT molecular complexity index is 453. The van der Waals surface area contributed by atoms with Gasteiger partial charge in [0.1, 0.15) is 0 Å². The van der Waals surface area contributed by atoms with Gasteiger partial charge in [0.05, 0.1) is 0 Å². The van der Waals surface area contributed by atoms with Gasteiger partial charge in [-0.2, -0.15) is 11.8 Å². The van der Waals surface area contributed by atoms with Crippen LogP contribution in [-0.2, 0) is 0 Å². The van der Waals surface area contributed by atoms with Gasteiger partial charge in [0.15, 0.2) is 0 Å². The van der Waals surface area contributed by atoms with Gasteiger partial charge in [-0.05, 0) is 85.9 Å². The summed E-state index contributed by atoms with van der Waals surface area (Å²) in [5.41, 5.74) is 1.45. The Balaban J connectivity index is 1.48. The zero-order valence-corrected chi connectivity index (χ0v) is 14.8. The normalized spacial score (nSPS) is 62.0. The lowest BCUT2D eigenvalue weighted by molar-refractivity contribution is -0.105. The van der Waals surface area contributed by atoms with E-state index in [1.165, 1.54) is 18.6 Å².